The van der Waals surface area contributed by atoms with Crippen molar-refractivity contribution >= 4 is 0 Å². The van der Waals surface area contributed by atoms with Crippen LogP contribution >= 0.6 is 0 Å². The average molecular weight is 221 g/mol. The van der Waals surface area contributed by atoms with E-state index in [4.69, 9.17) is 5.73 Å². The Hall–Kier alpha value is -0.0400. The van der Waals surface area contributed by atoms with Crippen LogP contribution in [0.5, 0.6) is 0 Å². The summed E-state index contributed by atoms with van der Waals surface area (Å²) >= 11 is 0. The second-order valence-electron chi connectivity index (χ2n) is 7.42. The Morgan fingerprint density at radius 2 is 2.12 bits per heavy atom. The van der Waals surface area contributed by atoms with Crippen LogP contribution in [0.25, 0.3) is 0 Å². The molecule has 6 unspecified atom stereocenters. The number of fused-ring (bicyclic) bond motifs is 1. The van der Waals surface area contributed by atoms with E-state index in [1.54, 1.807) is 0 Å². The lowest BCUT2D eigenvalue weighted by Crippen LogP contribution is -2.72. The molecule has 16 heavy (non-hydrogen) atoms. The third-order valence-corrected chi connectivity index (χ3v) is 7.01. The fraction of sp³-hybridized carbons (Fsp3) is 1.00. The van der Waals surface area contributed by atoms with E-state index in [-0.39, 0.29) is 5.54 Å². The zero-order chi connectivity index (χ0) is 11.8. The molecule has 1 heteroatoms. The molecule has 4 fully saturated rings. The van der Waals surface area contributed by atoms with Crippen LogP contribution in [0.1, 0.15) is 59.8 Å². The van der Waals surface area contributed by atoms with E-state index >= 15 is 0 Å². The molecule has 1 spiro atoms. The fourth-order valence-corrected chi connectivity index (χ4v) is 6.09. The van der Waals surface area contributed by atoms with Gasteiger partial charge in [-0.15, -0.1) is 0 Å². The van der Waals surface area contributed by atoms with Crippen LogP contribution in [0.2, 0.25) is 0 Å². The van der Waals surface area contributed by atoms with E-state index in [1.165, 1.54) is 32.1 Å². The number of rotatable bonds is 3. The van der Waals surface area contributed by atoms with Gasteiger partial charge in [0.25, 0.3) is 0 Å². The highest BCUT2D eigenvalue weighted by atomic mass is 15.0. The highest BCUT2D eigenvalue weighted by Gasteiger charge is 2.83. The highest BCUT2D eigenvalue weighted by Crippen LogP contribution is 2.84. The Morgan fingerprint density at radius 3 is 2.50 bits per heavy atom. The zero-order valence-corrected chi connectivity index (χ0v) is 11.3. The van der Waals surface area contributed by atoms with E-state index < -0.39 is 0 Å². The van der Waals surface area contributed by atoms with E-state index in [2.05, 4.69) is 27.7 Å². The summed E-state index contributed by atoms with van der Waals surface area (Å²) in [5.41, 5.74) is 8.10. The molecule has 2 N–H and O–H groups in total. The first kappa shape index (κ1) is 11.1. The highest BCUT2D eigenvalue weighted by molar-refractivity contribution is 5.34. The number of hydrogen-bond donors (Lipinski definition) is 1. The van der Waals surface area contributed by atoms with E-state index in [0.717, 1.165) is 17.8 Å². The van der Waals surface area contributed by atoms with Gasteiger partial charge >= 0.3 is 0 Å². The van der Waals surface area contributed by atoms with E-state index in [1.807, 2.05) is 0 Å². The van der Waals surface area contributed by atoms with Gasteiger partial charge < -0.3 is 5.73 Å². The zero-order valence-electron chi connectivity index (χ0n) is 11.3. The van der Waals surface area contributed by atoms with Gasteiger partial charge in [0.15, 0.2) is 0 Å². The molecular weight excluding hydrogens is 194 g/mol. The van der Waals surface area contributed by atoms with Crippen LogP contribution in [0.15, 0.2) is 0 Å². The largest absolute Gasteiger partial charge is 0.325 e. The quantitative estimate of drug-likeness (QED) is 0.774. The van der Waals surface area contributed by atoms with Crippen molar-refractivity contribution in [3.63, 3.8) is 0 Å². The van der Waals surface area contributed by atoms with Gasteiger partial charge in [0.2, 0.25) is 0 Å². The Balaban J connectivity index is 1.89. The molecule has 0 aromatic rings. The van der Waals surface area contributed by atoms with Crippen molar-refractivity contribution in [2.24, 2.45) is 34.3 Å². The van der Waals surface area contributed by atoms with E-state index in [9.17, 15) is 0 Å². The molecule has 0 heterocycles. The predicted molar refractivity (Wildman–Crippen MR) is 68.0 cm³/mol. The lowest BCUT2D eigenvalue weighted by Gasteiger charge is -2.70. The van der Waals surface area contributed by atoms with Crippen LogP contribution < -0.4 is 5.73 Å². The first-order valence-corrected chi connectivity index (χ1v) is 7.19. The second-order valence-corrected chi connectivity index (χ2v) is 7.42. The van der Waals surface area contributed by atoms with Crippen LogP contribution in [-0.2, 0) is 0 Å². The lowest BCUT2D eigenvalue weighted by atomic mass is 9.36. The van der Waals surface area contributed by atoms with Gasteiger partial charge in [-0.05, 0) is 54.3 Å². The van der Waals surface area contributed by atoms with Crippen LogP contribution in [0, 0.1) is 28.6 Å². The van der Waals surface area contributed by atoms with Crippen LogP contribution in [0.4, 0.5) is 0 Å². The number of nitrogens with two attached hydrogens (primary N) is 1. The Bertz CT molecular complexity index is 315. The van der Waals surface area contributed by atoms with Gasteiger partial charge in [0, 0.05) is 5.54 Å². The summed E-state index contributed by atoms with van der Waals surface area (Å²) in [5.74, 6) is 2.53. The maximum absolute atomic E-state index is 6.66. The Morgan fingerprint density at radius 1 is 1.44 bits per heavy atom. The summed E-state index contributed by atoms with van der Waals surface area (Å²) in [6.45, 7) is 9.71. The summed E-state index contributed by atoms with van der Waals surface area (Å²) in [5, 5.41) is 0. The Labute approximate surface area is 100 Å². The molecule has 92 valence electrons. The Kier molecular flexibility index (Phi) is 1.98. The maximum Gasteiger partial charge on any atom is 0.0225 e. The smallest absolute Gasteiger partial charge is 0.0225 e. The second kappa shape index (κ2) is 2.85. The normalized spacial score (nSPS) is 59.8. The SMILES string of the molecule is CCC(C)CC1(C)CC2(N)C(C)C13CCC23. The molecule has 4 rings (SSSR count). The summed E-state index contributed by atoms with van der Waals surface area (Å²) in [4.78, 5) is 0. The molecule has 0 aromatic heterocycles. The van der Waals surface area contributed by atoms with Crippen molar-refractivity contribution in [2.75, 3.05) is 0 Å². The topological polar surface area (TPSA) is 26.0 Å². The van der Waals surface area contributed by atoms with Crippen LogP contribution in [0.3, 0.4) is 0 Å². The molecule has 4 aliphatic rings. The predicted octanol–water partition coefficient (Wildman–Crippen LogP) is 3.58. The van der Waals surface area contributed by atoms with E-state index in [0.29, 0.717) is 10.8 Å². The first-order chi connectivity index (χ1) is 7.41. The molecule has 2 bridgehead atoms. The molecule has 0 amide bonds. The summed E-state index contributed by atoms with van der Waals surface area (Å²) in [6.07, 6.45) is 6.91. The van der Waals surface area contributed by atoms with Crippen molar-refractivity contribution < 1.29 is 0 Å². The molecule has 6 atom stereocenters. The fourth-order valence-electron chi connectivity index (χ4n) is 6.09. The summed E-state index contributed by atoms with van der Waals surface area (Å²) in [6, 6.07) is 0. The molecule has 0 aromatic carbocycles. The molecular formula is C15H27N. The van der Waals surface area contributed by atoms with Crippen LogP contribution in [-0.4, -0.2) is 5.54 Å². The van der Waals surface area contributed by atoms with Gasteiger partial charge in [0.05, 0.1) is 0 Å². The summed E-state index contributed by atoms with van der Waals surface area (Å²) in [7, 11) is 0. The average Bonchev–Trinajstić information content (AvgIpc) is 2.39. The summed E-state index contributed by atoms with van der Waals surface area (Å²) < 4.78 is 0. The van der Waals surface area contributed by atoms with Crippen molar-refractivity contribution in [1.29, 1.82) is 0 Å². The monoisotopic (exact) mass is 221 g/mol. The lowest BCUT2D eigenvalue weighted by molar-refractivity contribution is -0.192. The maximum atomic E-state index is 6.66. The molecule has 1 nitrogen and oxygen atoms in total. The van der Waals surface area contributed by atoms with Crippen molar-refractivity contribution in [3.8, 4) is 0 Å². The molecule has 0 radical (unpaired) electrons. The molecule has 0 saturated heterocycles. The minimum absolute atomic E-state index is 0.223. The third kappa shape index (κ3) is 0.868. The van der Waals surface area contributed by atoms with Crippen molar-refractivity contribution in [2.45, 2.75) is 65.3 Å². The standard InChI is InChI=1S/C15H27N/c1-5-10(2)8-13(4)9-15(16)11(3)14(13)7-6-12(14)15/h10-12H,5-9,16H2,1-4H3. The van der Waals surface area contributed by atoms with Gasteiger partial charge in [-0.3, -0.25) is 0 Å². The van der Waals surface area contributed by atoms with Crippen molar-refractivity contribution in [3.05, 3.63) is 0 Å². The minimum Gasteiger partial charge on any atom is -0.325 e. The molecule has 4 aliphatic carbocycles. The van der Waals surface area contributed by atoms with Gasteiger partial charge in [-0.2, -0.15) is 0 Å². The van der Waals surface area contributed by atoms with Crippen molar-refractivity contribution in [1.82, 2.24) is 0 Å². The molecule has 0 aliphatic heterocycles. The third-order valence-electron chi connectivity index (χ3n) is 7.01. The molecule has 4 saturated carbocycles. The van der Waals surface area contributed by atoms with Gasteiger partial charge in [0.1, 0.15) is 0 Å². The number of hydrogen-bond acceptors (Lipinski definition) is 1. The first-order valence-electron chi connectivity index (χ1n) is 7.19. The minimum atomic E-state index is 0.223. The van der Waals surface area contributed by atoms with Gasteiger partial charge in [-0.25, -0.2) is 0 Å². The van der Waals surface area contributed by atoms with Gasteiger partial charge in [-0.1, -0.05) is 34.1 Å².